The van der Waals surface area contributed by atoms with Gasteiger partial charge >= 0.3 is 0 Å². The van der Waals surface area contributed by atoms with Crippen molar-refractivity contribution in [1.82, 2.24) is 19.7 Å². The van der Waals surface area contributed by atoms with Crippen LogP contribution in [0.5, 0.6) is 0 Å². The van der Waals surface area contributed by atoms with E-state index >= 15 is 0 Å². The molecule has 0 saturated heterocycles. The standard InChI is InChI=1S/C21H40N4O5S/c1-20(2,3)19(26)10-13-30-15-14-29-12-8-11-23-31(27,28)16-7-9-18-17-22-24-25(18)21(4,5)6/h17,23H,7-16H2,1-6H3. The van der Waals surface area contributed by atoms with Gasteiger partial charge in [-0.05, 0) is 40.0 Å². The quantitative estimate of drug-likeness (QED) is 0.400. The van der Waals surface area contributed by atoms with E-state index in [2.05, 4.69) is 15.0 Å². The molecule has 1 aromatic heterocycles. The van der Waals surface area contributed by atoms with E-state index in [0.717, 1.165) is 5.69 Å². The van der Waals surface area contributed by atoms with Crippen LogP contribution >= 0.6 is 0 Å². The van der Waals surface area contributed by atoms with Gasteiger partial charge in [0.05, 0.1) is 43.0 Å². The first kappa shape index (κ1) is 27.7. The van der Waals surface area contributed by atoms with Crippen LogP contribution in [0.15, 0.2) is 6.20 Å². The fourth-order valence-electron chi connectivity index (χ4n) is 2.77. The highest BCUT2D eigenvalue weighted by molar-refractivity contribution is 7.89. The van der Waals surface area contributed by atoms with Gasteiger partial charge in [-0.2, -0.15) is 0 Å². The summed E-state index contributed by atoms with van der Waals surface area (Å²) in [7, 11) is -3.32. The largest absolute Gasteiger partial charge is 0.379 e. The summed E-state index contributed by atoms with van der Waals surface area (Å²) in [6.45, 7) is 13.8. The monoisotopic (exact) mass is 460 g/mol. The van der Waals surface area contributed by atoms with Gasteiger partial charge in [0.1, 0.15) is 5.78 Å². The van der Waals surface area contributed by atoms with Gasteiger partial charge in [-0.15, -0.1) is 5.10 Å². The third kappa shape index (κ3) is 11.7. The lowest BCUT2D eigenvalue weighted by molar-refractivity contribution is -0.127. The SMILES string of the molecule is CC(C)(C)C(=O)CCOCCOCCCNS(=O)(=O)CCCc1cnnn1C(C)(C)C. The Labute approximate surface area is 187 Å². The van der Waals surface area contributed by atoms with Crippen LogP contribution in [-0.4, -0.2) is 67.9 Å². The number of ketones is 1. The number of rotatable bonds is 15. The average Bonchev–Trinajstić information content (AvgIpc) is 3.11. The molecule has 1 N–H and O–H groups in total. The Morgan fingerprint density at radius 1 is 1.03 bits per heavy atom. The molecule has 1 rings (SSSR count). The molecule has 1 heterocycles. The Bertz CT molecular complexity index is 763. The summed E-state index contributed by atoms with van der Waals surface area (Å²) < 4.78 is 39.5. The molecule has 0 atom stereocenters. The van der Waals surface area contributed by atoms with Crippen LogP contribution < -0.4 is 4.72 Å². The second-order valence-electron chi connectivity index (χ2n) is 9.63. The molecule has 0 aliphatic rings. The molecule has 0 amide bonds. The predicted octanol–water partition coefficient (Wildman–Crippen LogP) is 2.31. The zero-order chi connectivity index (χ0) is 23.5. The van der Waals surface area contributed by atoms with Crippen molar-refractivity contribution < 1.29 is 22.7 Å². The van der Waals surface area contributed by atoms with Crippen molar-refractivity contribution in [3.8, 4) is 0 Å². The molecule has 31 heavy (non-hydrogen) atoms. The van der Waals surface area contributed by atoms with Gasteiger partial charge in [-0.1, -0.05) is 26.0 Å². The maximum Gasteiger partial charge on any atom is 0.211 e. The van der Waals surface area contributed by atoms with Crippen LogP contribution in [0.1, 0.15) is 66.5 Å². The summed E-state index contributed by atoms with van der Waals surface area (Å²) in [5.41, 5.74) is 0.415. The number of nitrogens with one attached hydrogen (secondary N) is 1. The molecule has 0 bridgehead atoms. The highest BCUT2D eigenvalue weighted by atomic mass is 32.2. The molecule has 9 nitrogen and oxygen atoms in total. The van der Waals surface area contributed by atoms with Crippen molar-refractivity contribution in [2.45, 2.75) is 72.8 Å². The normalized spacial score (nSPS) is 13.0. The molecule has 10 heteroatoms. The van der Waals surface area contributed by atoms with Crippen molar-refractivity contribution in [1.29, 1.82) is 0 Å². The molecule has 0 unspecified atom stereocenters. The van der Waals surface area contributed by atoms with E-state index in [1.165, 1.54) is 0 Å². The first-order chi connectivity index (χ1) is 14.3. The topological polar surface area (TPSA) is 112 Å². The van der Waals surface area contributed by atoms with E-state index in [0.29, 0.717) is 58.7 Å². The number of sulfonamides is 1. The zero-order valence-corrected chi connectivity index (χ0v) is 20.8. The van der Waals surface area contributed by atoms with E-state index in [1.54, 1.807) is 6.20 Å². The van der Waals surface area contributed by atoms with Gasteiger partial charge in [-0.3, -0.25) is 4.79 Å². The van der Waals surface area contributed by atoms with Crippen molar-refractivity contribution in [3.05, 3.63) is 11.9 Å². The van der Waals surface area contributed by atoms with Crippen molar-refractivity contribution >= 4 is 15.8 Å². The smallest absolute Gasteiger partial charge is 0.211 e. The Kier molecular flexibility index (Phi) is 11.3. The summed E-state index contributed by atoms with van der Waals surface area (Å²) in [4.78, 5) is 11.8. The molecule has 0 spiro atoms. The lowest BCUT2D eigenvalue weighted by Crippen LogP contribution is -2.29. The third-order valence-corrected chi connectivity index (χ3v) is 6.04. The van der Waals surface area contributed by atoms with Crippen LogP contribution in [0.25, 0.3) is 0 Å². The number of aromatic nitrogens is 3. The number of hydrogen-bond donors (Lipinski definition) is 1. The average molecular weight is 461 g/mol. The van der Waals surface area contributed by atoms with E-state index in [4.69, 9.17) is 9.47 Å². The highest BCUT2D eigenvalue weighted by Gasteiger charge is 2.20. The number of nitrogens with zero attached hydrogens (tertiary/aromatic N) is 3. The van der Waals surface area contributed by atoms with Gasteiger partial charge in [0.25, 0.3) is 0 Å². The van der Waals surface area contributed by atoms with Crippen LogP contribution in [0, 0.1) is 5.41 Å². The van der Waals surface area contributed by atoms with E-state index < -0.39 is 10.0 Å². The van der Waals surface area contributed by atoms with E-state index in [9.17, 15) is 13.2 Å². The molecule has 1 aromatic rings. The summed E-state index contributed by atoms with van der Waals surface area (Å²) >= 11 is 0. The minimum Gasteiger partial charge on any atom is -0.379 e. The van der Waals surface area contributed by atoms with Crippen molar-refractivity contribution in [2.75, 3.05) is 38.7 Å². The molecule has 0 fully saturated rings. The zero-order valence-electron chi connectivity index (χ0n) is 19.9. The minimum absolute atomic E-state index is 0.0598. The molecular weight excluding hydrogens is 420 g/mol. The molecule has 0 saturated carbocycles. The van der Waals surface area contributed by atoms with E-state index in [1.807, 2.05) is 46.2 Å². The molecule has 0 radical (unpaired) electrons. The maximum atomic E-state index is 12.1. The second kappa shape index (κ2) is 12.6. The summed E-state index contributed by atoms with van der Waals surface area (Å²) in [6.07, 6.45) is 3.79. The molecule has 0 aliphatic heterocycles. The van der Waals surface area contributed by atoms with E-state index in [-0.39, 0.29) is 22.5 Å². The maximum absolute atomic E-state index is 12.1. The first-order valence-electron chi connectivity index (χ1n) is 10.9. The van der Waals surface area contributed by atoms with Gasteiger partial charge in [0.15, 0.2) is 0 Å². The molecular formula is C21H40N4O5S. The summed E-state index contributed by atoms with van der Waals surface area (Å²) in [5.74, 6) is 0.238. The Balaban J connectivity index is 2.08. The van der Waals surface area contributed by atoms with Crippen LogP contribution in [0.3, 0.4) is 0 Å². The Morgan fingerprint density at radius 3 is 2.29 bits per heavy atom. The lowest BCUT2D eigenvalue weighted by atomic mass is 9.89. The number of Topliss-reactive ketones (excluding diaryl/α,β-unsaturated/α-hetero) is 1. The summed E-state index contributed by atoms with van der Waals surface area (Å²) in [6, 6.07) is 0. The van der Waals surface area contributed by atoms with Crippen LogP contribution in [-0.2, 0) is 36.3 Å². The predicted molar refractivity (Wildman–Crippen MR) is 120 cm³/mol. The number of ether oxygens (including phenoxy) is 2. The second-order valence-corrected chi connectivity index (χ2v) is 11.6. The summed E-state index contributed by atoms with van der Waals surface area (Å²) in [5, 5.41) is 8.02. The van der Waals surface area contributed by atoms with Gasteiger partial charge < -0.3 is 9.47 Å². The Hall–Kier alpha value is -1.36. The lowest BCUT2D eigenvalue weighted by Gasteiger charge is -2.21. The highest BCUT2D eigenvalue weighted by Crippen LogP contribution is 2.16. The van der Waals surface area contributed by atoms with Gasteiger partial charge in [0, 0.05) is 25.0 Å². The molecule has 180 valence electrons. The van der Waals surface area contributed by atoms with Crippen LogP contribution in [0.4, 0.5) is 0 Å². The number of aryl methyl sites for hydroxylation is 1. The number of hydrogen-bond acceptors (Lipinski definition) is 7. The minimum atomic E-state index is -3.32. The molecule has 0 aliphatic carbocycles. The fourth-order valence-corrected chi connectivity index (χ4v) is 3.89. The van der Waals surface area contributed by atoms with Crippen LogP contribution in [0.2, 0.25) is 0 Å². The number of carbonyl (C=O) groups is 1. The van der Waals surface area contributed by atoms with Gasteiger partial charge in [0.2, 0.25) is 10.0 Å². The van der Waals surface area contributed by atoms with Gasteiger partial charge in [-0.25, -0.2) is 17.8 Å². The molecule has 0 aromatic carbocycles. The Morgan fingerprint density at radius 2 is 1.68 bits per heavy atom. The number of carbonyl (C=O) groups excluding carboxylic acids is 1. The third-order valence-electron chi connectivity index (χ3n) is 4.57. The fraction of sp³-hybridized carbons (Fsp3) is 0.857. The van der Waals surface area contributed by atoms with Crippen molar-refractivity contribution in [3.63, 3.8) is 0 Å². The van der Waals surface area contributed by atoms with Crippen molar-refractivity contribution in [2.24, 2.45) is 5.41 Å². The first-order valence-corrected chi connectivity index (χ1v) is 12.5.